The molecule has 1 unspecified atom stereocenters. The fourth-order valence-electron chi connectivity index (χ4n) is 2.14. The van der Waals surface area contributed by atoms with E-state index in [1.165, 1.54) is 16.9 Å². The molecule has 0 saturated carbocycles. The average molecular weight is 237 g/mol. The Bertz CT molecular complexity index is 408. The van der Waals surface area contributed by atoms with Gasteiger partial charge in [0.2, 0.25) is 0 Å². The van der Waals surface area contributed by atoms with Crippen molar-refractivity contribution in [1.29, 1.82) is 0 Å². The fourth-order valence-corrected chi connectivity index (χ4v) is 3.24. The van der Waals surface area contributed by atoms with Crippen molar-refractivity contribution in [3.63, 3.8) is 0 Å². The lowest BCUT2D eigenvalue weighted by molar-refractivity contribution is 0.170. The van der Waals surface area contributed by atoms with E-state index in [2.05, 4.69) is 12.1 Å². The Morgan fingerprint density at radius 3 is 2.75 bits per heavy atom. The normalized spacial score (nSPS) is 23.4. The van der Waals surface area contributed by atoms with Crippen molar-refractivity contribution in [2.24, 2.45) is 5.73 Å². The van der Waals surface area contributed by atoms with E-state index in [0.717, 1.165) is 23.7 Å². The first kappa shape index (κ1) is 10.3. The number of hydrogen-bond acceptors (Lipinski definition) is 4. The zero-order chi connectivity index (χ0) is 11.0. The van der Waals surface area contributed by atoms with Gasteiger partial charge in [0.15, 0.2) is 11.5 Å². The molecule has 3 rings (SSSR count). The second-order valence-electron chi connectivity index (χ2n) is 4.13. The highest BCUT2D eigenvalue weighted by molar-refractivity contribution is 7.99. The van der Waals surface area contributed by atoms with Crippen LogP contribution < -0.4 is 15.2 Å². The number of ether oxygens (including phenoxy) is 2. The van der Waals surface area contributed by atoms with Crippen molar-refractivity contribution in [3.05, 3.63) is 17.7 Å². The Labute approximate surface area is 99.3 Å². The first-order valence-corrected chi connectivity index (χ1v) is 6.65. The lowest BCUT2D eigenvalue weighted by Gasteiger charge is -2.21. The third-order valence-electron chi connectivity index (χ3n) is 2.99. The number of thioether (sulfide) groups is 1. The van der Waals surface area contributed by atoms with Crippen LogP contribution >= 0.6 is 11.8 Å². The zero-order valence-electron chi connectivity index (χ0n) is 9.07. The van der Waals surface area contributed by atoms with Crippen molar-refractivity contribution >= 4 is 11.8 Å². The molecule has 2 N–H and O–H groups in total. The Kier molecular flexibility index (Phi) is 2.69. The van der Waals surface area contributed by atoms with E-state index < -0.39 is 0 Å². The molecule has 4 heteroatoms. The van der Waals surface area contributed by atoms with Gasteiger partial charge in [-0.25, -0.2) is 0 Å². The molecule has 1 atom stereocenters. The molecule has 0 fully saturated rings. The maximum atomic E-state index is 6.17. The molecule has 2 aliphatic rings. The van der Waals surface area contributed by atoms with E-state index in [4.69, 9.17) is 15.2 Å². The molecular formula is C12H15NO2S. The molecule has 0 spiro atoms. The smallest absolute Gasteiger partial charge is 0.162 e. The van der Waals surface area contributed by atoms with E-state index in [0.29, 0.717) is 13.2 Å². The average Bonchev–Trinajstić information content (AvgIpc) is 2.49. The molecule has 2 aliphatic heterocycles. The summed E-state index contributed by atoms with van der Waals surface area (Å²) in [6, 6.07) is 4.28. The summed E-state index contributed by atoms with van der Waals surface area (Å²) in [5.41, 5.74) is 7.38. The molecule has 86 valence electrons. The van der Waals surface area contributed by atoms with Crippen LogP contribution in [0.4, 0.5) is 0 Å². The second-order valence-corrected chi connectivity index (χ2v) is 5.27. The zero-order valence-corrected chi connectivity index (χ0v) is 9.89. The van der Waals surface area contributed by atoms with E-state index in [-0.39, 0.29) is 6.04 Å². The SMILES string of the molecule is NC1CCCSc2cc3c(cc21)OCCO3. The third-order valence-corrected chi connectivity index (χ3v) is 4.15. The van der Waals surface area contributed by atoms with Crippen LogP contribution in [0.5, 0.6) is 11.5 Å². The summed E-state index contributed by atoms with van der Waals surface area (Å²) in [6.07, 6.45) is 2.23. The summed E-state index contributed by atoms with van der Waals surface area (Å²) < 4.78 is 11.2. The van der Waals surface area contributed by atoms with Gasteiger partial charge in [0.25, 0.3) is 0 Å². The molecule has 0 saturated heterocycles. The van der Waals surface area contributed by atoms with Gasteiger partial charge < -0.3 is 15.2 Å². The predicted octanol–water partition coefficient (Wildman–Crippen LogP) is 2.34. The van der Waals surface area contributed by atoms with Gasteiger partial charge in [-0.3, -0.25) is 0 Å². The van der Waals surface area contributed by atoms with Gasteiger partial charge in [-0.1, -0.05) is 0 Å². The summed E-state index contributed by atoms with van der Waals surface area (Å²) in [7, 11) is 0. The molecule has 0 radical (unpaired) electrons. The summed E-state index contributed by atoms with van der Waals surface area (Å²) in [5.74, 6) is 2.86. The first-order chi connectivity index (χ1) is 7.84. The number of benzene rings is 1. The van der Waals surface area contributed by atoms with E-state index in [1.807, 2.05) is 11.8 Å². The lowest BCUT2D eigenvalue weighted by atomic mass is 10.0. The van der Waals surface area contributed by atoms with Gasteiger partial charge in [0, 0.05) is 10.9 Å². The standard InChI is InChI=1S/C12H15NO2S/c13-9-2-1-5-16-12-7-11-10(6-8(9)12)14-3-4-15-11/h6-7,9H,1-5,13H2. The number of hydrogen-bond donors (Lipinski definition) is 1. The Hall–Kier alpha value is -0.870. The molecule has 1 aromatic rings. The van der Waals surface area contributed by atoms with E-state index in [1.54, 1.807) is 0 Å². The second kappa shape index (κ2) is 4.18. The van der Waals surface area contributed by atoms with Gasteiger partial charge in [-0.05, 0) is 36.3 Å². The van der Waals surface area contributed by atoms with Crippen molar-refractivity contribution in [3.8, 4) is 11.5 Å². The Balaban J connectivity index is 2.06. The Morgan fingerprint density at radius 1 is 1.19 bits per heavy atom. The van der Waals surface area contributed by atoms with Gasteiger partial charge >= 0.3 is 0 Å². The van der Waals surface area contributed by atoms with Gasteiger partial charge in [0.05, 0.1) is 0 Å². The number of rotatable bonds is 0. The third kappa shape index (κ3) is 1.76. The minimum Gasteiger partial charge on any atom is -0.486 e. The van der Waals surface area contributed by atoms with Crippen molar-refractivity contribution in [1.82, 2.24) is 0 Å². The summed E-state index contributed by atoms with van der Waals surface area (Å²) in [6.45, 7) is 1.27. The van der Waals surface area contributed by atoms with Crippen LogP contribution in [0.1, 0.15) is 24.4 Å². The quantitative estimate of drug-likeness (QED) is 0.752. The van der Waals surface area contributed by atoms with Gasteiger partial charge in [-0.15, -0.1) is 11.8 Å². The van der Waals surface area contributed by atoms with Crippen LogP contribution in [0.25, 0.3) is 0 Å². The van der Waals surface area contributed by atoms with E-state index >= 15 is 0 Å². The van der Waals surface area contributed by atoms with Crippen LogP contribution in [0.2, 0.25) is 0 Å². The topological polar surface area (TPSA) is 44.5 Å². The van der Waals surface area contributed by atoms with Crippen LogP contribution in [0.15, 0.2) is 17.0 Å². The van der Waals surface area contributed by atoms with Crippen molar-refractivity contribution < 1.29 is 9.47 Å². The van der Waals surface area contributed by atoms with Crippen molar-refractivity contribution in [2.75, 3.05) is 19.0 Å². The molecule has 2 heterocycles. The monoisotopic (exact) mass is 237 g/mol. The maximum Gasteiger partial charge on any atom is 0.162 e. The summed E-state index contributed by atoms with van der Waals surface area (Å²) in [5, 5.41) is 0. The highest BCUT2D eigenvalue weighted by Gasteiger charge is 2.21. The molecule has 16 heavy (non-hydrogen) atoms. The summed E-state index contributed by atoms with van der Waals surface area (Å²) >= 11 is 1.87. The minimum atomic E-state index is 0.140. The largest absolute Gasteiger partial charge is 0.486 e. The molecule has 0 bridgehead atoms. The van der Waals surface area contributed by atoms with Gasteiger partial charge in [-0.2, -0.15) is 0 Å². The Morgan fingerprint density at radius 2 is 1.94 bits per heavy atom. The number of fused-ring (bicyclic) bond motifs is 2. The van der Waals surface area contributed by atoms with Gasteiger partial charge in [0.1, 0.15) is 13.2 Å². The van der Waals surface area contributed by atoms with E-state index in [9.17, 15) is 0 Å². The van der Waals surface area contributed by atoms with Crippen molar-refractivity contribution in [2.45, 2.75) is 23.8 Å². The minimum absolute atomic E-state index is 0.140. The maximum absolute atomic E-state index is 6.17. The lowest BCUT2D eigenvalue weighted by Crippen LogP contribution is -2.17. The molecule has 0 aliphatic carbocycles. The highest BCUT2D eigenvalue weighted by Crippen LogP contribution is 2.41. The molecule has 1 aromatic carbocycles. The predicted molar refractivity (Wildman–Crippen MR) is 64.3 cm³/mol. The molecule has 3 nitrogen and oxygen atoms in total. The molecule has 0 aromatic heterocycles. The summed E-state index contributed by atoms with van der Waals surface area (Å²) in [4.78, 5) is 1.26. The first-order valence-electron chi connectivity index (χ1n) is 5.66. The highest BCUT2D eigenvalue weighted by atomic mass is 32.2. The van der Waals surface area contributed by atoms with Crippen LogP contribution in [0, 0.1) is 0 Å². The molecular weight excluding hydrogens is 222 g/mol. The van der Waals surface area contributed by atoms with Crippen LogP contribution in [-0.2, 0) is 0 Å². The van der Waals surface area contributed by atoms with Crippen LogP contribution in [-0.4, -0.2) is 19.0 Å². The number of nitrogens with two attached hydrogens (primary N) is 1. The van der Waals surface area contributed by atoms with Crippen LogP contribution in [0.3, 0.4) is 0 Å². The fraction of sp³-hybridized carbons (Fsp3) is 0.500. The molecule has 0 amide bonds.